The average Bonchev–Trinajstić information content (AvgIpc) is 3.10. The number of halogens is 1. The number of esters is 1. The first-order valence-corrected chi connectivity index (χ1v) is 12.3. The zero-order chi connectivity index (χ0) is 26.3. The SMILES string of the molecule is CCn1nc(C)c(Cl)c1/C(OC(C)OC(=O)SCC(=O)OC)=C(\C#N)c1ccc(C(C)(C)C)cc1. The van der Waals surface area contributed by atoms with Crippen LogP contribution in [0, 0.1) is 18.3 Å². The molecule has 8 nitrogen and oxygen atoms in total. The summed E-state index contributed by atoms with van der Waals surface area (Å²) in [7, 11) is 1.23. The van der Waals surface area contributed by atoms with Crippen LogP contribution in [-0.4, -0.2) is 40.2 Å². The van der Waals surface area contributed by atoms with Crippen LogP contribution in [0.3, 0.4) is 0 Å². The van der Waals surface area contributed by atoms with Gasteiger partial charge in [0.1, 0.15) is 23.1 Å². The summed E-state index contributed by atoms with van der Waals surface area (Å²) >= 11 is 7.23. The number of methoxy groups -OCH3 is 1. The molecule has 0 saturated heterocycles. The van der Waals surface area contributed by atoms with Gasteiger partial charge < -0.3 is 14.2 Å². The molecule has 0 aliphatic carbocycles. The molecule has 1 aromatic carbocycles. The second kappa shape index (κ2) is 12.1. The van der Waals surface area contributed by atoms with Crippen LogP contribution in [0.2, 0.25) is 5.02 Å². The second-order valence-electron chi connectivity index (χ2n) is 8.63. The van der Waals surface area contributed by atoms with Gasteiger partial charge in [-0.1, -0.05) is 56.6 Å². The quantitative estimate of drug-likeness (QED) is 0.182. The highest BCUT2D eigenvalue weighted by Crippen LogP contribution is 2.35. The molecule has 0 aliphatic rings. The van der Waals surface area contributed by atoms with E-state index in [1.54, 1.807) is 11.6 Å². The Kier molecular flexibility index (Phi) is 9.81. The van der Waals surface area contributed by atoms with Crippen LogP contribution >= 0.6 is 23.4 Å². The smallest absolute Gasteiger partial charge is 0.370 e. The lowest BCUT2D eigenvalue weighted by molar-refractivity contribution is -0.137. The Morgan fingerprint density at radius 3 is 2.37 bits per heavy atom. The third-order valence-corrected chi connectivity index (χ3v) is 6.19. The first kappa shape index (κ1) is 28.3. The summed E-state index contributed by atoms with van der Waals surface area (Å²) in [6, 6.07) is 9.83. The summed E-state index contributed by atoms with van der Waals surface area (Å²) in [4.78, 5) is 23.5. The molecule has 2 rings (SSSR count). The molecule has 10 heteroatoms. The maximum atomic E-state index is 12.2. The molecule has 188 valence electrons. The number of allylic oxidation sites excluding steroid dienone is 1. The lowest BCUT2D eigenvalue weighted by Gasteiger charge is -2.21. The molecular formula is C25H30ClN3O5S. The Labute approximate surface area is 215 Å². The first-order chi connectivity index (χ1) is 16.4. The van der Waals surface area contributed by atoms with Crippen LogP contribution in [0.25, 0.3) is 11.3 Å². The largest absolute Gasteiger partial charge is 0.468 e. The van der Waals surface area contributed by atoms with E-state index < -0.39 is 17.6 Å². The summed E-state index contributed by atoms with van der Waals surface area (Å²) in [5.74, 6) is -0.607. The summed E-state index contributed by atoms with van der Waals surface area (Å²) in [5.41, 5.74) is 2.87. The number of carbonyl (C=O) groups excluding carboxylic acids is 2. The van der Waals surface area contributed by atoms with E-state index in [0.717, 1.165) is 5.56 Å². The number of nitriles is 1. The van der Waals surface area contributed by atoms with Crippen molar-refractivity contribution in [1.82, 2.24) is 9.78 Å². The zero-order valence-electron chi connectivity index (χ0n) is 21.0. The number of thioether (sulfide) groups is 1. The Morgan fingerprint density at radius 1 is 1.23 bits per heavy atom. The van der Waals surface area contributed by atoms with Crippen molar-refractivity contribution < 1.29 is 23.8 Å². The van der Waals surface area contributed by atoms with E-state index in [1.807, 2.05) is 31.2 Å². The second-order valence-corrected chi connectivity index (χ2v) is 9.91. The number of nitrogens with zero attached hydrogens (tertiary/aromatic N) is 3. The van der Waals surface area contributed by atoms with E-state index in [2.05, 4.69) is 36.7 Å². The molecule has 2 aromatic rings. The van der Waals surface area contributed by atoms with Crippen LogP contribution in [0.1, 0.15) is 57.1 Å². The molecule has 0 bridgehead atoms. The Balaban J connectivity index is 2.52. The van der Waals surface area contributed by atoms with E-state index in [-0.39, 0.29) is 22.5 Å². The van der Waals surface area contributed by atoms with Gasteiger partial charge in [-0.15, -0.1) is 0 Å². The monoisotopic (exact) mass is 519 g/mol. The highest BCUT2D eigenvalue weighted by atomic mass is 35.5. The number of ether oxygens (including phenoxy) is 3. The Morgan fingerprint density at radius 2 is 1.86 bits per heavy atom. The Bertz CT molecular complexity index is 1140. The summed E-state index contributed by atoms with van der Waals surface area (Å²) in [5, 5.41) is 14.2. The molecule has 1 unspecified atom stereocenters. The van der Waals surface area contributed by atoms with Crippen LogP contribution in [0.4, 0.5) is 4.79 Å². The van der Waals surface area contributed by atoms with Gasteiger partial charge in [-0.25, -0.2) is 4.79 Å². The van der Waals surface area contributed by atoms with E-state index in [0.29, 0.717) is 40.3 Å². The highest BCUT2D eigenvalue weighted by molar-refractivity contribution is 8.13. The number of carbonyl (C=O) groups is 2. The van der Waals surface area contributed by atoms with Crippen molar-refractivity contribution in [3.63, 3.8) is 0 Å². The molecule has 0 fully saturated rings. The maximum absolute atomic E-state index is 12.2. The molecule has 0 N–H and O–H groups in total. The molecule has 1 heterocycles. The Hall–Kier alpha value is -2.96. The van der Waals surface area contributed by atoms with Gasteiger partial charge in [0.15, 0.2) is 5.76 Å². The van der Waals surface area contributed by atoms with Crippen LogP contribution < -0.4 is 0 Å². The van der Waals surface area contributed by atoms with E-state index >= 15 is 0 Å². The lowest BCUT2D eigenvalue weighted by Crippen LogP contribution is -2.18. The number of aryl methyl sites for hydroxylation is 2. The fourth-order valence-corrected chi connectivity index (χ4v) is 3.94. The number of aromatic nitrogens is 2. The van der Waals surface area contributed by atoms with Crippen molar-refractivity contribution in [3.05, 3.63) is 51.8 Å². The fourth-order valence-electron chi connectivity index (χ4n) is 3.16. The third kappa shape index (κ3) is 7.26. The normalized spacial score (nSPS) is 12.9. The first-order valence-electron chi connectivity index (χ1n) is 11.0. The fraction of sp³-hybridized carbons (Fsp3) is 0.440. The van der Waals surface area contributed by atoms with Crippen molar-refractivity contribution in [2.75, 3.05) is 12.9 Å². The van der Waals surface area contributed by atoms with E-state index in [9.17, 15) is 14.9 Å². The predicted molar refractivity (Wildman–Crippen MR) is 137 cm³/mol. The molecule has 0 aliphatic heterocycles. The number of benzene rings is 1. The summed E-state index contributed by atoms with van der Waals surface area (Å²) in [6.45, 7) is 12.0. The predicted octanol–water partition coefficient (Wildman–Crippen LogP) is 5.96. The minimum absolute atomic E-state index is 0.0553. The molecule has 0 amide bonds. The van der Waals surface area contributed by atoms with Crippen LogP contribution in [0.5, 0.6) is 0 Å². The van der Waals surface area contributed by atoms with Crippen molar-refractivity contribution in [2.45, 2.75) is 59.8 Å². The van der Waals surface area contributed by atoms with Crippen molar-refractivity contribution in [1.29, 1.82) is 5.26 Å². The maximum Gasteiger partial charge on any atom is 0.370 e. The minimum atomic E-state index is -1.09. The van der Waals surface area contributed by atoms with Gasteiger partial charge in [-0.2, -0.15) is 10.4 Å². The number of rotatable bonds is 8. The average molecular weight is 520 g/mol. The third-order valence-electron chi connectivity index (χ3n) is 5.03. The summed E-state index contributed by atoms with van der Waals surface area (Å²) in [6.07, 6.45) is -1.09. The zero-order valence-corrected chi connectivity index (χ0v) is 22.5. The van der Waals surface area contributed by atoms with E-state index in [4.69, 9.17) is 21.1 Å². The van der Waals surface area contributed by atoms with Gasteiger partial charge in [-0.05, 0) is 42.2 Å². The standard InChI is InChI=1S/C25H30ClN3O5S/c1-8-29-22(21(26)15(2)28-29)23(33-16(3)34-24(31)35-14-20(30)32-7)19(13-27)17-9-11-18(12-10-17)25(4,5)6/h9-12,16H,8,14H2,1-7H3/b23-19-. The molecule has 35 heavy (non-hydrogen) atoms. The van der Waals surface area contributed by atoms with Gasteiger partial charge in [-0.3, -0.25) is 9.48 Å². The van der Waals surface area contributed by atoms with Gasteiger partial charge in [0.25, 0.3) is 0 Å². The van der Waals surface area contributed by atoms with Gasteiger partial charge in [0, 0.05) is 13.5 Å². The highest BCUT2D eigenvalue weighted by Gasteiger charge is 2.26. The molecule has 0 radical (unpaired) electrons. The van der Waals surface area contributed by atoms with Crippen LogP contribution in [-0.2, 0) is 31.0 Å². The van der Waals surface area contributed by atoms with E-state index in [1.165, 1.54) is 14.0 Å². The van der Waals surface area contributed by atoms with Crippen molar-refractivity contribution >= 4 is 46.0 Å². The molecule has 0 spiro atoms. The molecule has 1 atom stereocenters. The molecule has 0 saturated carbocycles. The van der Waals surface area contributed by atoms with Gasteiger partial charge >= 0.3 is 11.3 Å². The molecule has 1 aromatic heterocycles. The topological polar surface area (TPSA) is 103 Å². The number of hydrogen-bond acceptors (Lipinski definition) is 8. The lowest BCUT2D eigenvalue weighted by atomic mass is 9.86. The number of hydrogen-bond donors (Lipinski definition) is 0. The van der Waals surface area contributed by atoms with Crippen molar-refractivity contribution in [3.8, 4) is 6.07 Å². The van der Waals surface area contributed by atoms with Crippen molar-refractivity contribution in [2.24, 2.45) is 0 Å². The minimum Gasteiger partial charge on any atom is -0.468 e. The van der Waals surface area contributed by atoms with Crippen LogP contribution in [0.15, 0.2) is 24.3 Å². The summed E-state index contributed by atoms with van der Waals surface area (Å²) < 4.78 is 17.5. The van der Waals surface area contributed by atoms with Gasteiger partial charge in [0.2, 0.25) is 6.29 Å². The molecular weight excluding hydrogens is 490 g/mol. The van der Waals surface area contributed by atoms with Gasteiger partial charge in [0.05, 0.1) is 17.8 Å².